The highest BCUT2D eigenvalue weighted by molar-refractivity contribution is 9.10. The molecule has 0 saturated carbocycles. The van der Waals surface area contributed by atoms with E-state index in [2.05, 4.69) is 21.2 Å². The average Bonchev–Trinajstić information content (AvgIpc) is 2.32. The fourth-order valence-corrected chi connectivity index (χ4v) is 2.20. The zero-order valence-corrected chi connectivity index (χ0v) is 11.2. The molecule has 1 amide bonds. The van der Waals surface area contributed by atoms with Gasteiger partial charge in [0, 0.05) is 31.2 Å². The molecule has 0 aromatic heterocycles. The van der Waals surface area contributed by atoms with Gasteiger partial charge in [0.15, 0.2) is 0 Å². The zero-order valence-electron chi connectivity index (χ0n) is 9.61. The second-order valence-electron chi connectivity index (χ2n) is 4.22. The maximum Gasteiger partial charge on any atom is 0.254 e. The molecule has 0 bridgehead atoms. The van der Waals surface area contributed by atoms with E-state index in [1.807, 2.05) is 11.8 Å². The summed E-state index contributed by atoms with van der Waals surface area (Å²) in [4.78, 5) is 14.1. The van der Waals surface area contributed by atoms with Gasteiger partial charge in [0.05, 0.1) is 4.47 Å². The van der Waals surface area contributed by atoms with Gasteiger partial charge in [-0.05, 0) is 41.1 Å². The Bertz CT molecular complexity index is 437. The molecule has 5 heteroatoms. The van der Waals surface area contributed by atoms with Crippen molar-refractivity contribution in [2.75, 3.05) is 19.6 Å². The van der Waals surface area contributed by atoms with Gasteiger partial charge in [0.25, 0.3) is 5.91 Å². The van der Waals surface area contributed by atoms with E-state index in [4.69, 9.17) is 0 Å². The summed E-state index contributed by atoms with van der Waals surface area (Å²) in [5, 5.41) is 12.8. The number of aromatic hydroxyl groups is 1. The van der Waals surface area contributed by atoms with Crippen LogP contribution in [0.1, 0.15) is 17.3 Å². The molecule has 4 nitrogen and oxygen atoms in total. The van der Waals surface area contributed by atoms with Crippen molar-refractivity contribution in [2.45, 2.75) is 13.0 Å². The van der Waals surface area contributed by atoms with Gasteiger partial charge in [-0.1, -0.05) is 0 Å². The number of piperazine rings is 1. The van der Waals surface area contributed by atoms with E-state index in [1.165, 1.54) is 6.07 Å². The standard InChI is InChI=1S/C12H15BrN2O2/c1-8-7-14-4-5-15(8)12(17)9-2-3-10(13)11(16)6-9/h2-3,6,8,14,16H,4-5,7H2,1H3/t8-/m0/s1. The van der Waals surface area contributed by atoms with Gasteiger partial charge in [0.2, 0.25) is 0 Å². The lowest BCUT2D eigenvalue weighted by Gasteiger charge is -2.34. The number of phenolic OH excluding ortho intramolecular Hbond substituents is 1. The monoisotopic (exact) mass is 298 g/mol. The number of carbonyl (C=O) groups is 1. The molecule has 1 saturated heterocycles. The van der Waals surface area contributed by atoms with Gasteiger partial charge in [-0.3, -0.25) is 4.79 Å². The number of amides is 1. The second-order valence-corrected chi connectivity index (χ2v) is 5.07. The number of rotatable bonds is 1. The minimum absolute atomic E-state index is 0.0261. The predicted octanol–water partition coefficient (Wildman–Crippen LogP) is 1.59. The molecule has 0 unspecified atom stereocenters. The smallest absolute Gasteiger partial charge is 0.254 e. The highest BCUT2D eigenvalue weighted by Crippen LogP contribution is 2.25. The van der Waals surface area contributed by atoms with Crippen molar-refractivity contribution >= 4 is 21.8 Å². The van der Waals surface area contributed by atoms with Crippen molar-refractivity contribution in [3.05, 3.63) is 28.2 Å². The Balaban J connectivity index is 2.21. The lowest BCUT2D eigenvalue weighted by molar-refractivity contribution is 0.0655. The van der Waals surface area contributed by atoms with Crippen LogP contribution in [0, 0.1) is 0 Å². The first kappa shape index (κ1) is 12.4. The number of carbonyl (C=O) groups excluding carboxylic acids is 1. The van der Waals surface area contributed by atoms with Crippen molar-refractivity contribution in [3.63, 3.8) is 0 Å². The van der Waals surface area contributed by atoms with Crippen LogP contribution in [0.25, 0.3) is 0 Å². The molecule has 2 N–H and O–H groups in total. The van der Waals surface area contributed by atoms with Crippen LogP contribution in [0.2, 0.25) is 0 Å². The molecule has 1 atom stereocenters. The summed E-state index contributed by atoms with van der Waals surface area (Å²) < 4.78 is 0.599. The normalized spacial score (nSPS) is 20.4. The Labute approximate surface area is 109 Å². The van der Waals surface area contributed by atoms with Crippen LogP contribution in [0.4, 0.5) is 0 Å². The first-order chi connectivity index (χ1) is 8.09. The van der Waals surface area contributed by atoms with Gasteiger partial charge in [-0.2, -0.15) is 0 Å². The Hall–Kier alpha value is -1.07. The number of nitrogens with one attached hydrogen (secondary N) is 1. The fraction of sp³-hybridized carbons (Fsp3) is 0.417. The van der Waals surface area contributed by atoms with E-state index >= 15 is 0 Å². The van der Waals surface area contributed by atoms with Crippen LogP contribution in [0.15, 0.2) is 22.7 Å². The van der Waals surface area contributed by atoms with Crippen LogP contribution in [-0.2, 0) is 0 Å². The molecule has 17 heavy (non-hydrogen) atoms. The Morgan fingerprint density at radius 3 is 3.00 bits per heavy atom. The maximum absolute atomic E-state index is 12.2. The zero-order chi connectivity index (χ0) is 12.4. The molecule has 1 heterocycles. The van der Waals surface area contributed by atoms with Crippen molar-refractivity contribution < 1.29 is 9.90 Å². The summed E-state index contributed by atoms with van der Waals surface area (Å²) in [6, 6.07) is 5.10. The van der Waals surface area contributed by atoms with Gasteiger partial charge >= 0.3 is 0 Å². The van der Waals surface area contributed by atoms with Gasteiger partial charge < -0.3 is 15.3 Å². The molecule has 0 spiro atoms. The van der Waals surface area contributed by atoms with Gasteiger partial charge in [-0.25, -0.2) is 0 Å². The summed E-state index contributed by atoms with van der Waals surface area (Å²) in [5.74, 6) is 0.0698. The molecule has 1 aromatic rings. The molecule has 2 rings (SSSR count). The van der Waals surface area contributed by atoms with Crippen molar-refractivity contribution in [1.29, 1.82) is 0 Å². The number of hydrogen-bond donors (Lipinski definition) is 2. The summed E-state index contributed by atoms with van der Waals surface area (Å²) in [6.45, 7) is 4.35. The lowest BCUT2D eigenvalue weighted by Crippen LogP contribution is -2.52. The molecular formula is C12H15BrN2O2. The summed E-state index contributed by atoms with van der Waals surface area (Å²) in [6.07, 6.45) is 0. The number of halogens is 1. The van der Waals surface area contributed by atoms with Crippen LogP contribution in [-0.4, -0.2) is 41.6 Å². The van der Waals surface area contributed by atoms with E-state index in [1.54, 1.807) is 12.1 Å². The number of phenols is 1. The first-order valence-corrected chi connectivity index (χ1v) is 6.39. The third-order valence-electron chi connectivity index (χ3n) is 2.96. The maximum atomic E-state index is 12.2. The SMILES string of the molecule is C[C@H]1CNCCN1C(=O)c1ccc(Br)c(O)c1. The number of benzene rings is 1. The largest absolute Gasteiger partial charge is 0.507 e. The quantitative estimate of drug-likeness (QED) is 0.828. The van der Waals surface area contributed by atoms with E-state index in [0.29, 0.717) is 16.6 Å². The van der Waals surface area contributed by atoms with E-state index in [-0.39, 0.29) is 17.7 Å². The van der Waals surface area contributed by atoms with E-state index in [9.17, 15) is 9.90 Å². The highest BCUT2D eigenvalue weighted by atomic mass is 79.9. The van der Waals surface area contributed by atoms with Gasteiger partial charge in [-0.15, -0.1) is 0 Å². The van der Waals surface area contributed by atoms with Crippen LogP contribution in [0.5, 0.6) is 5.75 Å². The van der Waals surface area contributed by atoms with Crippen LogP contribution >= 0.6 is 15.9 Å². The summed E-state index contributed by atoms with van der Waals surface area (Å²) in [5.41, 5.74) is 0.527. The van der Waals surface area contributed by atoms with Crippen LogP contribution < -0.4 is 5.32 Å². The van der Waals surface area contributed by atoms with Crippen molar-refractivity contribution in [3.8, 4) is 5.75 Å². The topological polar surface area (TPSA) is 52.6 Å². The number of nitrogens with zero attached hydrogens (tertiary/aromatic N) is 1. The minimum Gasteiger partial charge on any atom is -0.507 e. The predicted molar refractivity (Wildman–Crippen MR) is 69.2 cm³/mol. The van der Waals surface area contributed by atoms with Crippen LogP contribution in [0.3, 0.4) is 0 Å². The Morgan fingerprint density at radius 2 is 2.35 bits per heavy atom. The molecule has 92 valence electrons. The molecular weight excluding hydrogens is 284 g/mol. The molecule has 0 radical (unpaired) electrons. The second kappa shape index (κ2) is 5.06. The third-order valence-corrected chi connectivity index (χ3v) is 3.63. The van der Waals surface area contributed by atoms with E-state index in [0.717, 1.165) is 13.1 Å². The Morgan fingerprint density at radius 1 is 1.59 bits per heavy atom. The Kier molecular flexibility index (Phi) is 3.69. The average molecular weight is 299 g/mol. The summed E-state index contributed by atoms with van der Waals surface area (Å²) >= 11 is 3.20. The van der Waals surface area contributed by atoms with Crippen molar-refractivity contribution in [2.24, 2.45) is 0 Å². The van der Waals surface area contributed by atoms with Gasteiger partial charge in [0.1, 0.15) is 5.75 Å². The van der Waals surface area contributed by atoms with Crippen molar-refractivity contribution in [1.82, 2.24) is 10.2 Å². The summed E-state index contributed by atoms with van der Waals surface area (Å²) in [7, 11) is 0. The molecule has 1 aliphatic rings. The molecule has 1 aliphatic heterocycles. The first-order valence-electron chi connectivity index (χ1n) is 5.60. The van der Waals surface area contributed by atoms with E-state index < -0.39 is 0 Å². The highest BCUT2D eigenvalue weighted by Gasteiger charge is 2.24. The molecule has 1 aromatic carbocycles. The third kappa shape index (κ3) is 2.61. The minimum atomic E-state index is -0.0261. The molecule has 1 fully saturated rings. The number of hydrogen-bond acceptors (Lipinski definition) is 3. The lowest BCUT2D eigenvalue weighted by atomic mass is 10.1. The molecule has 0 aliphatic carbocycles. The fourth-order valence-electron chi connectivity index (χ4n) is 1.95.